The van der Waals surface area contributed by atoms with Crippen LogP contribution in [0.15, 0.2) is 121 Å². The van der Waals surface area contributed by atoms with Gasteiger partial charge in [0.2, 0.25) is 11.8 Å². The van der Waals surface area contributed by atoms with Crippen LogP contribution in [-0.4, -0.2) is 60.9 Å². The van der Waals surface area contributed by atoms with Crippen LogP contribution in [0.2, 0.25) is 0 Å². The number of aliphatic hydroxyl groups is 1. The topological polar surface area (TPSA) is 143 Å². The molecule has 1 heterocycles. The van der Waals surface area contributed by atoms with Gasteiger partial charge in [-0.25, -0.2) is 9.59 Å². The molecule has 10 nitrogen and oxygen atoms in total. The maximum Gasteiger partial charge on any atom is 0.407 e. The number of carbonyl (C=O) groups excluding carboxylic acids is 4. The number of hydrogen-bond donors (Lipinski definition) is 4. The number of esters is 1. The van der Waals surface area contributed by atoms with Crippen LogP contribution in [0, 0.1) is 5.92 Å². The molecule has 3 amide bonds. The molecule has 4 atom stereocenters. The Hall–Kier alpha value is -5.74. The van der Waals surface area contributed by atoms with Gasteiger partial charge in [0.05, 0.1) is 24.6 Å². The number of nitrogens with one attached hydrogen (secondary N) is 3. The van der Waals surface area contributed by atoms with Crippen LogP contribution < -0.4 is 16.0 Å². The van der Waals surface area contributed by atoms with Crippen molar-refractivity contribution in [1.82, 2.24) is 16.0 Å². The minimum absolute atomic E-state index is 0.101. The summed E-state index contributed by atoms with van der Waals surface area (Å²) in [6.07, 6.45) is 4.17. The van der Waals surface area contributed by atoms with Gasteiger partial charge >= 0.3 is 12.1 Å². The predicted molar refractivity (Wildman–Crippen MR) is 201 cm³/mol. The molecule has 0 aromatic heterocycles. The third-order valence-electron chi connectivity index (χ3n) is 9.75. The Balaban J connectivity index is 1.11. The average Bonchev–Trinajstić information content (AvgIpc) is 3.51. The molecule has 0 radical (unpaired) electrons. The number of ether oxygens (including phenoxy) is 2. The monoisotopic (exact) mass is 715 g/mol. The Morgan fingerprint density at radius 1 is 0.849 bits per heavy atom. The van der Waals surface area contributed by atoms with Crippen molar-refractivity contribution in [2.75, 3.05) is 19.8 Å². The van der Waals surface area contributed by atoms with Gasteiger partial charge < -0.3 is 30.5 Å². The summed E-state index contributed by atoms with van der Waals surface area (Å²) in [7, 11) is 0. The normalized spacial score (nSPS) is 19.5. The van der Waals surface area contributed by atoms with Gasteiger partial charge in [-0.05, 0) is 59.1 Å². The highest BCUT2D eigenvalue weighted by Crippen LogP contribution is 2.44. The lowest BCUT2D eigenvalue weighted by atomic mass is 9.97. The minimum Gasteiger partial charge on any atom is -0.462 e. The van der Waals surface area contributed by atoms with Crippen LogP contribution in [0.4, 0.5) is 4.79 Å². The number of fused-ring (bicyclic) bond motifs is 3. The minimum atomic E-state index is -0.996. The van der Waals surface area contributed by atoms with E-state index >= 15 is 0 Å². The molecule has 6 rings (SSSR count). The first-order valence-corrected chi connectivity index (χ1v) is 18.1. The van der Waals surface area contributed by atoms with Crippen LogP contribution in [0.5, 0.6) is 0 Å². The Morgan fingerprint density at radius 3 is 2.17 bits per heavy atom. The van der Waals surface area contributed by atoms with Crippen molar-refractivity contribution < 1.29 is 33.8 Å². The van der Waals surface area contributed by atoms with Gasteiger partial charge in [-0.3, -0.25) is 9.59 Å². The zero-order valence-corrected chi connectivity index (χ0v) is 29.5. The van der Waals surface area contributed by atoms with Crippen LogP contribution in [0.3, 0.4) is 0 Å². The number of rotatable bonds is 10. The number of allylic oxidation sites excluding steroid dienone is 2. The highest BCUT2D eigenvalue weighted by Gasteiger charge is 2.31. The van der Waals surface area contributed by atoms with E-state index in [1.54, 1.807) is 0 Å². The first-order valence-electron chi connectivity index (χ1n) is 18.1. The lowest BCUT2D eigenvalue weighted by molar-refractivity contribution is -0.147. The van der Waals surface area contributed by atoms with E-state index in [4.69, 9.17) is 9.47 Å². The van der Waals surface area contributed by atoms with E-state index in [0.29, 0.717) is 18.4 Å². The van der Waals surface area contributed by atoms with Crippen molar-refractivity contribution in [3.05, 3.63) is 144 Å². The maximum atomic E-state index is 13.7. The van der Waals surface area contributed by atoms with E-state index in [2.05, 4.69) is 28.1 Å². The fourth-order valence-electron chi connectivity index (χ4n) is 6.99. The van der Waals surface area contributed by atoms with Gasteiger partial charge in [0, 0.05) is 12.3 Å². The average molecular weight is 716 g/mol. The summed E-state index contributed by atoms with van der Waals surface area (Å²) in [4.78, 5) is 53.6. The summed E-state index contributed by atoms with van der Waals surface area (Å²) in [5.41, 5.74) is 6.08. The van der Waals surface area contributed by atoms with E-state index in [1.807, 2.05) is 109 Å². The van der Waals surface area contributed by atoms with E-state index in [0.717, 1.165) is 27.8 Å². The SMILES string of the molecule is O=C(C[C@H]1CC=CCC[C@H](NC(=O)OCC2c3ccccc3-c3ccccc32)C(=O)OC[C@H](c2ccccc2)NC1=O)N[C@@H](CO)Cc1ccccc1. The molecule has 0 bridgehead atoms. The quantitative estimate of drug-likeness (QED) is 0.121. The highest BCUT2D eigenvalue weighted by molar-refractivity contribution is 5.86. The summed E-state index contributed by atoms with van der Waals surface area (Å²) in [6.45, 7) is -0.332. The molecular formula is C43H45N3O7. The molecule has 0 unspecified atom stereocenters. The largest absolute Gasteiger partial charge is 0.462 e. The molecule has 1 aliphatic carbocycles. The number of alkyl carbamates (subject to hydrolysis) is 1. The van der Waals surface area contributed by atoms with E-state index in [-0.39, 0.29) is 56.8 Å². The standard InChI is InChI=1S/C43H45N3O7/c47-26-32(24-29-14-4-1-5-15-29)44-40(48)25-31-18-8-3-9-23-38(42(50)52-28-39(45-41(31)49)30-16-6-2-7-17-30)46-43(51)53-27-37-35-21-12-10-19-33(35)34-20-11-13-22-36(34)37/h1-8,10-17,19-22,31-32,37-39,47H,9,18,23-28H2,(H,44,48)(H,45,49)(H,46,51)/t31-,32-,38+,39-/m1/s1. The summed E-state index contributed by atoms with van der Waals surface area (Å²) >= 11 is 0. The van der Waals surface area contributed by atoms with Crippen molar-refractivity contribution >= 4 is 23.9 Å². The molecule has 0 spiro atoms. The first kappa shape index (κ1) is 37.0. The lowest BCUT2D eigenvalue weighted by Crippen LogP contribution is -2.44. The molecular weight excluding hydrogens is 670 g/mol. The second-order valence-electron chi connectivity index (χ2n) is 13.4. The highest BCUT2D eigenvalue weighted by atomic mass is 16.6. The van der Waals surface area contributed by atoms with E-state index in [9.17, 15) is 24.3 Å². The molecule has 0 saturated heterocycles. The van der Waals surface area contributed by atoms with Crippen molar-refractivity contribution in [1.29, 1.82) is 0 Å². The first-order chi connectivity index (χ1) is 25.9. The molecule has 4 aromatic carbocycles. The molecule has 10 heteroatoms. The predicted octanol–water partition coefficient (Wildman–Crippen LogP) is 5.76. The smallest absolute Gasteiger partial charge is 0.407 e. The van der Waals surface area contributed by atoms with E-state index < -0.39 is 36.1 Å². The molecule has 274 valence electrons. The van der Waals surface area contributed by atoms with Crippen LogP contribution in [0.25, 0.3) is 11.1 Å². The number of hydrogen-bond acceptors (Lipinski definition) is 7. The fraction of sp³-hybridized carbons (Fsp3) is 0.302. The molecule has 2 aliphatic rings. The van der Waals surface area contributed by atoms with Gasteiger partial charge in [0.15, 0.2) is 0 Å². The third kappa shape index (κ3) is 9.78. The molecule has 53 heavy (non-hydrogen) atoms. The van der Waals surface area contributed by atoms with Crippen LogP contribution >= 0.6 is 0 Å². The van der Waals surface area contributed by atoms with Crippen LogP contribution in [-0.2, 0) is 30.3 Å². The Kier molecular flexibility index (Phi) is 12.7. The second-order valence-corrected chi connectivity index (χ2v) is 13.4. The Bertz CT molecular complexity index is 1850. The number of aliphatic hydroxyl groups excluding tert-OH is 1. The lowest BCUT2D eigenvalue weighted by Gasteiger charge is -2.24. The van der Waals surface area contributed by atoms with Crippen LogP contribution in [0.1, 0.15) is 59.9 Å². The van der Waals surface area contributed by atoms with Gasteiger partial charge in [-0.2, -0.15) is 0 Å². The van der Waals surface area contributed by atoms with Gasteiger partial charge in [-0.15, -0.1) is 0 Å². The van der Waals surface area contributed by atoms with Crippen molar-refractivity contribution in [3.8, 4) is 11.1 Å². The number of carbonyl (C=O) groups is 4. The molecule has 1 aliphatic heterocycles. The Labute approximate surface area is 309 Å². The summed E-state index contributed by atoms with van der Waals surface area (Å²) in [5, 5.41) is 18.5. The number of amides is 3. The molecule has 0 fully saturated rings. The van der Waals surface area contributed by atoms with Crippen molar-refractivity contribution in [3.63, 3.8) is 0 Å². The number of benzene rings is 4. The van der Waals surface area contributed by atoms with Gasteiger partial charge in [-0.1, -0.05) is 121 Å². The summed E-state index contributed by atoms with van der Waals surface area (Å²) in [5.74, 6) is -2.23. The molecule has 4 aromatic rings. The number of cyclic esters (lactones) is 1. The van der Waals surface area contributed by atoms with Gasteiger partial charge in [0.1, 0.15) is 19.3 Å². The zero-order valence-electron chi connectivity index (χ0n) is 29.5. The summed E-state index contributed by atoms with van der Waals surface area (Å²) in [6, 6.07) is 32.6. The van der Waals surface area contributed by atoms with Gasteiger partial charge in [0.25, 0.3) is 0 Å². The third-order valence-corrected chi connectivity index (χ3v) is 9.75. The molecule has 4 N–H and O–H groups in total. The zero-order chi connectivity index (χ0) is 37.0. The maximum absolute atomic E-state index is 13.7. The van der Waals surface area contributed by atoms with Crippen molar-refractivity contribution in [2.24, 2.45) is 5.92 Å². The van der Waals surface area contributed by atoms with E-state index in [1.165, 1.54) is 0 Å². The summed E-state index contributed by atoms with van der Waals surface area (Å²) < 4.78 is 11.5. The van der Waals surface area contributed by atoms with Crippen molar-refractivity contribution in [2.45, 2.75) is 56.1 Å². The molecule has 0 saturated carbocycles. The fourth-order valence-corrected chi connectivity index (χ4v) is 6.99. The Morgan fingerprint density at radius 2 is 1.49 bits per heavy atom. The second kappa shape index (κ2) is 18.1.